The van der Waals surface area contributed by atoms with Crippen LogP contribution in [-0.4, -0.2) is 57.8 Å². The molecule has 8 atom stereocenters. The largest absolute Gasteiger partial charge is 0.393 e. The molecule has 0 aliphatic heterocycles. The number of benzene rings is 1. The average Bonchev–Trinajstić information content (AvgIpc) is 3.23. The molecule has 0 aromatic heterocycles. The van der Waals surface area contributed by atoms with Crippen molar-refractivity contribution in [3.63, 3.8) is 0 Å². The molecule has 1 unspecified atom stereocenters. The van der Waals surface area contributed by atoms with Crippen molar-refractivity contribution in [3.05, 3.63) is 59.2 Å². The Morgan fingerprint density at radius 1 is 1.02 bits per heavy atom. The highest BCUT2D eigenvalue weighted by atomic mass is 19.2. The lowest BCUT2D eigenvalue weighted by Crippen LogP contribution is -2.67. The molecule has 3 saturated carbocycles. The van der Waals surface area contributed by atoms with E-state index in [1.54, 1.807) is 4.90 Å². The van der Waals surface area contributed by atoms with Gasteiger partial charge in [0.2, 0.25) is 0 Å². The van der Waals surface area contributed by atoms with Gasteiger partial charge >= 0.3 is 6.03 Å². The summed E-state index contributed by atoms with van der Waals surface area (Å²) >= 11 is 0. The molecule has 2 spiro atoms. The first-order valence-electron chi connectivity index (χ1n) is 16.6. The molecular weight excluding hydrogens is 562 g/mol. The van der Waals surface area contributed by atoms with Gasteiger partial charge in [0.05, 0.1) is 18.2 Å². The minimum absolute atomic E-state index is 0.0302. The van der Waals surface area contributed by atoms with E-state index in [0.717, 1.165) is 37.8 Å². The van der Waals surface area contributed by atoms with E-state index in [1.165, 1.54) is 6.07 Å². The van der Waals surface area contributed by atoms with Crippen molar-refractivity contribution >= 4 is 11.8 Å². The van der Waals surface area contributed by atoms with Crippen LogP contribution in [0.1, 0.15) is 96.3 Å². The molecule has 6 aliphatic carbocycles. The number of aliphatic hydroxyl groups excluding tert-OH is 1. The van der Waals surface area contributed by atoms with E-state index in [1.807, 2.05) is 20.8 Å². The van der Waals surface area contributed by atoms with Crippen molar-refractivity contribution in [2.24, 2.45) is 33.5 Å². The van der Waals surface area contributed by atoms with Crippen LogP contribution in [0.5, 0.6) is 0 Å². The summed E-state index contributed by atoms with van der Waals surface area (Å²) in [5.41, 5.74) is -2.51. The van der Waals surface area contributed by atoms with Gasteiger partial charge < -0.3 is 20.4 Å². The van der Waals surface area contributed by atoms with Crippen molar-refractivity contribution in [1.82, 2.24) is 10.2 Å². The van der Waals surface area contributed by atoms with Crippen molar-refractivity contribution in [2.45, 2.75) is 104 Å². The van der Waals surface area contributed by atoms with Gasteiger partial charge in [-0.05, 0) is 101 Å². The molecule has 2 bridgehead atoms. The number of nitrogens with one attached hydrogen (secondary N) is 1. The summed E-state index contributed by atoms with van der Waals surface area (Å²) in [4.78, 5) is 29.5. The summed E-state index contributed by atoms with van der Waals surface area (Å²) in [6, 6.07) is 3.14. The number of carbonyl (C=O) groups excluding carboxylic acids is 2. The fraction of sp³-hybridized carbons (Fsp3) is 0.667. The van der Waals surface area contributed by atoms with Gasteiger partial charge in [-0.2, -0.15) is 0 Å². The third-order valence-corrected chi connectivity index (χ3v) is 12.8. The fourth-order valence-corrected chi connectivity index (χ4v) is 10.6. The molecule has 0 radical (unpaired) electrons. The van der Waals surface area contributed by atoms with E-state index in [-0.39, 0.29) is 47.2 Å². The molecule has 6 nitrogen and oxygen atoms in total. The first-order chi connectivity index (χ1) is 20.7. The Labute approximate surface area is 260 Å². The van der Waals surface area contributed by atoms with E-state index >= 15 is 0 Å². The second kappa shape index (κ2) is 10.5. The zero-order chi connectivity index (χ0) is 31.9. The number of ketones is 1. The summed E-state index contributed by atoms with van der Waals surface area (Å²) in [7, 11) is 0. The van der Waals surface area contributed by atoms with Gasteiger partial charge in [-0.3, -0.25) is 4.79 Å². The lowest BCUT2D eigenvalue weighted by Gasteiger charge is -2.71. The highest BCUT2D eigenvalue weighted by molar-refractivity contribution is 6.10. The Kier molecular flexibility index (Phi) is 7.48. The van der Waals surface area contributed by atoms with E-state index in [2.05, 4.69) is 37.4 Å². The molecule has 240 valence electrons. The Hall–Kier alpha value is -2.58. The number of carbonyl (C=O) groups is 2. The number of aliphatic hydroxyl groups is 2. The summed E-state index contributed by atoms with van der Waals surface area (Å²) in [6.45, 7) is 11.0. The van der Waals surface area contributed by atoms with Gasteiger partial charge in [0.1, 0.15) is 0 Å². The summed E-state index contributed by atoms with van der Waals surface area (Å²) in [5.74, 6) is -2.39. The Morgan fingerprint density at radius 2 is 1.70 bits per heavy atom. The number of hydrogen-bond donors (Lipinski definition) is 3. The predicted octanol–water partition coefficient (Wildman–Crippen LogP) is 6.57. The van der Waals surface area contributed by atoms with Gasteiger partial charge in [-0.1, -0.05) is 39.0 Å². The highest BCUT2D eigenvalue weighted by Gasteiger charge is 2.74. The van der Waals surface area contributed by atoms with E-state index < -0.39 is 39.6 Å². The number of halogens is 2. The second-order valence-corrected chi connectivity index (χ2v) is 15.3. The molecular formula is C36H48F2N2O4. The standard InChI is InChI=1S/C36H48F2N2O4/c1-6-17-40(31(43)39-22(2)3)21-35(44)14-11-29-33(35,5)13-10-28-32(4)12-9-24(41)19-34(32)15-16-36(28,29)25(20-34)30(42)23-7-8-26(37)27(38)18-23/h7-8,15-16,18,20,22,24,28-29,41,44H,6,9-14,17,19,21H2,1-5H3,(H,39,43)/t24?,28-,29-,32-,33+,34+,35-,36-/m1/s1. The highest BCUT2D eigenvalue weighted by Crippen LogP contribution is 2.78. The Morgan fingerprint density at radius 3 is 2.39 bits per heavy atom. The molecule has 1 aromatic rings. The van der Waals surface area contributed by atoms with Crippen LogP contribution in [0.2, 0.25) is 0 Å². The zero-order valence-electron chi connectivity index (χ0n) is 26.8. The quantitative estimate of drug-likeness (QED) is 0.241. The molecule has 7 rings (SSSR count). The van der Waals surface area contributed by atoms with Gasteiger partial charge in [-0.15, -0.1) is 0 Å². The maximum Gasteiger partial charge on any atom is 0.317 e. The number of nitrogens with zero attached hydrogens (tertiary/aromatic N) is 1. The molecule has 0 heterocycles. The first-order valence-corrected chi connectivity index (χ1v) is 16.6. The number of allylic oxidation sites excluding steroid dienone is 4. The molecule has 44 heavy (non-hydrogen) atoms. The van der Waals surface area contributed by atoms with Crippen LogP contribution in [0.15, 0.2) is 42.0 Å². The van der Waals surface area contributed by atoms with Crippen LogP contribution in [0, 0.1) is 45.1 Å². The minimum atomic E-state index is -1.17. The van der Waals surface area contributed by atoms with Gasteiger partial charge in [-0.25, -0.2) is 13.6 Å². The summed E-state index contributed by atoms with van der Waals surface area (Å²) < 4.78 is 28.4. The van der Waals surface area contributed by atoms with E-state index in [9.17, 15) is 28.6 Å². The topological polar surface area (TPSA) is 89.9 Å². The van der Waals surface area contributed by atoms with Crippen molar-refractivity contribution in [1.29, 1.82) is 0 Å². The lowest BCUT2D eigenvalue weighted by atomic mass is 9.32. The number of fused-ring (bicyclic) bond motifs is 1. The maximum atomic E-state index is 14.5. The van der Waals surface area contributed by atoms with Crippen LogP contribution in [-0.2, 0) is 0 Å². The lowest BCUT2D eigenvalue weighted by molar-refractivity contribution is -0.174. The van der Waals surface area contributed by atoms with Gasteiger partial charge in [0.25, 0.3) is 0 Å². The van der Waals surface area contributed by atoms with Crippen LogP contribution < -0.4 is 5.32 Å². The molecule has 6 aliphatic rings. The summed E-state index contributed by atoms with van der Waals surface area (Å²) in [6.07, 6.45) is 11.5. The molecule has 3 fully saturated rings. The molecule has 2 amide bonds. The number of urea groups is 1. The van der Waals surface area contributed by atoms with E-state index in [0.29, 0.717) is 37.8 Å². The van der Waals surface area contributed by atoms with Crippen LogP contribution in [0.4, 0.5) is 13.6 Å². The van der Waals surface area contributed by atoms with Crippen molar-refractivity contribution < 1.29 is 28.6 Å². The predicted molar refractivity (Wildman–Crippen MR) is 165 cm³/mol. The molecule has 3 N–H and O–H groups in total. The normalized spacial score (nSPS) is 40.2. The SMILES string of the molecule is CCCN(C[C@]1(O)CC[C@H]2[C@]34C=C[C@@]5(C=C3C(=O)c3ccc(F)c(F)c3)CC(O)CC[C@]5(C)[C@H]4CC[C@@]21C)C(=O)NC(C)C. The number of amides is 2. The Bertz CT molecular complexity index is 1430. The molecule has 8 heteroatoms. The number of hydrogen-bond acceptors (Lipinski definition) is 4. The second-order valence-electron chi connectivity index (χ2n) is 15.3. The number of Topliss-reactive ketones (excluding diaryl/α,β-unsaturated/α-hetero) is 1. The third kappa shape index (κ3) is 4.22. The average molecular weight is 611 g/mol. The van der Waals surface area contributed by atoms with Crippen LogP contribution in [0.25, 0.3) is 0 Å². The van der Waals surface area contributed by atoms with Crippen molar-refractivity contribution in [3.8, 4) is 0 Å². The fourth-order valence-electron chi connectivity index (χ4n) is 10.6. The maximum absolute atomic E-state index is 14.5. The minimum Gasteiger partial charge on any atom is -0.393 e. The van der Waals surface area contributed by atoms with Crippen LogP contribution >= 0.6 is 0 Å². The van der Waals surface area contributed by atoms with Gasteiger partial charge in [0.15, 0.2) is 17.4 Å². The van der Waals surface area contributed by atoms with E-state index in [4.69, 9.17) is 0 Å². The molecule has 1 aromatic carbocycles. The summed E-state index contributed by atoms with van der Waals surface area (Å²) in [5, 5.41) is 26.5. The van der Waals surface area contributed by atoms with Crippen LogP contribution in [0.3, 0.4) is 0 Å². The Balaban J connectivity index is 1.46. The smallest absolute Gasteiger partial charge is 0.317 e. The first kappa shape index (κ1) is 31.4. The zero-order valence-corrected chi connectivity index (χ0v) is 26.8. The van der Waals surface area contributed by atoms with Crippen molar-refractivity contribution in [2.75, 3.05) is 13.1 Å². The monoisotopic (exact) mass is 610 g/mol. The molecule has 0 saturated heterocycles. The third-order valence-electron chi connectivity index (χ3n) is 12.8. The van der Waals surface area contributed by atoms with Gasteiger partial charge in [0, 0.05) is 40.0 Å². The number of rotatable bonds is 7.